The molecule has 4 nitrogen and oxygen atoms in total. The molecule has 3 amide bonds. The summed E-state index contributed by atoms with van der Waals surface area (Å²) in [5.74, 6) is -1.68. The molecule has 0 unspecified atom stereocenters. The lowest BCUT2D eigenvalue weighted by Crippen LogP contribution is -2.35. The van der Waals surface area contributed by atoms with E-state index in [0.717, 1.165) is 0 Å². The lowest BCUT2D eigenvalue weighted by Gasteiger charge is -2.09. The first-order valence-electron chi connectivity index (χ1n) is 4.77. The van der Waals surface area contributed by atoms with Gasteiger partial charge >= 0.3 is 0 Å². The highest BCUT2D eigenvalue weighted by molar-refractivity contribution is 6.38. The van der Waals surface area contributed by atoms with Gasteiger partial charge in [0, 0.05) is 13.0 Å². The van der Waals surface area contributed by atoms with Crippen LogP contribution in [0.2, 0.25) is 0 Å². The van der Waals surface area contributed by atoms with Gasteiger partial charge in [-0.05, 0) is 5.56 Å². The number of hydrogen-bond donors (Lipinski definition) is 0. The highest BCUT2D eigenvalue weighted by atomic mass is 16.2. The summed E-state index contributed by atoms with van der Waals surface area (Å²) < 4.78 is 0. The molecule has 1 aliphatic rings. The van der Waals surface area contributed by atoms with Crippen LogP contribution in [-0.2, 0) is 14.4 Å². The van der Waals surface area contributed by atoms with E-state index >= 15 is 0 Å². The van der Waals surface area contributed by atoms with Crippen LogP contribution in [0.25, 0.3) is 5.57 Å². The standard InChI is InChI=1S/C12H9NO3/c1-8(14)13-11(15)7-10(12(13)16)9-5-3-2-4-6-9/h2-7H,1H3. The molecule has 0 fully saturated rings. The second-order valence-electron chi connectivity index (χ2n) is 3.42. The second-order valence-corrected chi connectivity index (χ2v) is 3.42. The van der Waals surface area contributed by atoms with Gasteiger partial charge in [-0.1, -0.05) is 30.3 Å². The van der Waals surface area contributed by atoms with E-state index < -0.39 is 17.7 Å². The Morgan fingerprint density at radius 2 is 1.75 bits per heavy atom. The molecule has 0 bridgehead atoms. The van der Waals surface area contributed by atoms with E-state index in [-0.39, 0.29) is 5.57 Å². The fraction of sp³-hybridized carbons (Fsp3) is 0.0833. The van der Waals surface area contributed by atoms with E-state index in [0.29, 0.717) is 10.5 Å². The van der Waals surface area contributed by atoms with Crippen molar-refractivity contribution in [1.82, 2.24) is 4.90 Å². The number of carbonyl (C=O) groups is 3. The molecule has 4 heteroatoms. The molecule has 0 N–H and O–H groups in total. The van der Waals surface area contributed by atoms with Gasteiger partial charge < -0.3 is 0 Å². The third-order valence-electron chi connectivity index (χ3n) is 2.32. The van der Waals surface area contributed by atoms with Gasteiger partial charge in [0.25, 0.3) is 11.8 Å². The number of nitrogens with zero attached hydrogens (tertiary/aromatic N) is 1. The molecular weight excluding hydrogens is 206 g/mol. The van der Waals surface area contributed by atoms with E-state index in [1.807, 2.05) is 6.07 Å². The largest absolute Gasteiger partial charge is 0.274 e. The number of amides is 3. The summed E-state index contributed by atoms with van der Waals surface area (Å²) in [5.41, 5.74) is 0.908. The van der Waals surface area contributed by atoms with E-state index in [1.165, 1.54) is 13.0 Å². The number of imide groups is 3. The number of benzene rings is 1. The minimum atomic E-state index is -0.573. The molecule has 0 aliphatic carbocycles. The molecular formula is C12H9NO3. The molecule has 1 aromatic carbocycles. The summed E-state index contributed by atoms with van der Waals surface area (Å²) >= 11 is 0. The third-order valence-corrected chi connectivity index (χ3v) is 2.32. The fourth-order valence-corrected chi connectivity index (χ4v) is 1.59. The average Bonchev–Trinajstić information content (AvgIpc) is 2.55. The van der Waals surface area contributed by atoms with E-state index in [1.54, 1.807) is 24.3 Å². The second kappa shape index (κ2) is 3.73. The van der Waals surface area contributed by atoms with Crippen molar-refractivity contribution in [2.75, 3.05) is 0 Å². The van der Waals surface area contributed by atoms with E-state index in [4.69, 9.17) is 0 Å². The highest BCUT2D eigenvalue weighted by Gasteiger charge is 2.34. The average molecular weight is 215 g/mol. The maximum atomic E-state index is 11.8. The molecule has 0 aromatic heterocycles. The molecule has 0 saturated heterocycles. The zero-order valence-electron chi connectivity index (χ0n) is 8.64. The van der Waals surface area contributed by atoms with Crippen LogP contribution >= 0.6 is 0 Å². The van der Waals surface area contributed by atoms with Crippen LogP contribution in [0.1, 0.15) is 12.5 Å². The van der Waals surface area contributed by atoms with Crippen molar-refractivity contribution in [3.05, 3.63) is 42.0 Å². The molecule has 1 aromatic rings. The summed E-state index contributed by atoms with van der Waals surface area (Å²) in [6, 6.07) is 8.80. The minimum absolute atomic E-state index is 0.265. The predicted octanol–water partition coefficient (Wildman–Crippen LogP) is 0.985. The lowest BCUT2D eigenvalue weighted by molar-refractivity contribution is -0.146. The topological polar surface area (TPSA) is 54.5 Å². The molecule has 80 valence electrons. The monoisotopic (exact) mass is 215 g/mol. The van der Waals surface area contributed by atoms with Crippen LogP contribution in [0.4, 0.5) is 0 Å². The Bertz CT molecular complexity index is 502. The van der Waals surface area contributed by atoms with Gasteiger partial charge in [0.2, 0.25) is 5.91 Å². The minimum Gasteiger partial charge on any atom is -0.274 e. The molecule has 0 saturated carbocycles. The van der Waals surface area contributed by atoms with Crippen LogP contribution in [0.5, 0.6) is 0 Å². The maximum Gasteiger partial charge on any atom is 0.268 e. The predicted molar refractivity (Wildman–Crippen MR) is 57.0 cm³/mol. The molecule has 1 heterocycles. The van der Waals surface area contributed by atoms with Crippen molar-refractivity contribution >= 4 is 23.3 Å². The number of hydrogen-bond acceptors (Lipinski definition) is 3. The van der Waals surface area contributed by atoms with Gasteiger partial charge in [-0.3, -0.25) is 14.4 Å². The normalized spacial score (nSPS) is 15.3. The summed E-state index contributed by atoms with van der Waals surface area (Å²) in [4.78, 5) is 34.9. The fourth-order valence-electron chi connectivity index (χ4n) is 1.59. The van der Waals surface area contributed by atoms with Crippen molar-refractivity contribution in [2.24, 2.45) is 0 Å². The van der Waals surface area contributed by atoms with Gasteiger partial charge in [0.05, 0.1) is 5.57 Å². The first-order valence-corrected chi connectivity index (χ1v) is 4.77. The molecule has 1 aliphatic heterocycles. The van der Waals surface area contributed by atoms with E-state index in [2.05, 4.69) is 0 Å². The van der Waals surface area contributed by atoms with Gasteiger partial charge in [0.15, 0.2) is 0 Å². The zero-order valence-corrected chi connectivity index (χ0v) is 8.64. The molecule has 0 atom stereocenters. The first-order chi connectivity index (χ1) is 7.61. The Morgan fingerprint density at radius 1 is 1.12 bits per heavy atom. The van der Waals surface area contributed by atoms with Crippen LogP contribution in [0.15, 0.2) is 36.4 Å². The summed E-state index contributed by atoms with van der Waals surface area (Å²) in [5, 5.41) is 0. The third kappa shape index (κ3) is 1.54. The Morgan fingerprint density at radius 3 is 2.25 bits per heavy atom. The zero-order chi connectivity index (χ0) is 11.7. The summed E-state index contributed by atoms with van der Waals surface area (Å²) in [6.07, 6.45) is 1.19. The first kappa shape index (κ1) is 10.3. The molecule has 2 rings (SSSR count). The lowest BCUT2D eigenvalue weighted by atomic mass is 10.1. The van der Waals surface area contributed by atoms with E-state index in [9.17, 15) is 14.4 Å². The quantitative estimate of drug-likeness (QED) is 0.656. The van der Waals surface area contributed by atoms with Crippen LogP contribution in [0, 0.1) is 0 Å². The van der Waals surface area contributed by atoms with Gasteiger partial charge in [-0.25, -0.2) is 4.90 Å². The Labute approximate surface area is 92.2 Å². The van der Waals surface area contributed by atoms with Crippen molar-refractivity contribution in [2.45, 2.75) is 6.92 Å². The molecule has 0 radical (unpaired) electrons. The summed E-state index contributed by atoms with van der Waals surface area (Å²) in [7, 11) is 0. The van der Waals surface area contributed by atoms with Crippen LogP contribution in [-0.4, -0.2) is 22.6 Å². The van der Waals surface area contributed by atoms with Gasteiger partial charge in [0.1, 0.15) is 0 Å². The molecule has 0 spiro atoms. The van der Waals surface area contributed by atoms with Crippen molar-refractivity contribution in [1.29, 1.82) is 0 Å². The number of carbonyl (C=O) groups excluding carboxylic acids is 3. The van der Waals surface area contributed by atoms with Gasteiger partial charge in [-0.2, -0.15) is 0 Å². The Hall–Kier alpha value is -2.23. The summed E-state index contributed by atoms with van der Waals surface area (Å²) in [6.45, 7) is 1.19. The molecule has 16 heavy (non-hydrogen) atoms. The Balaban J connectivity index is 2.40. The smallest absolute Gasteiger partial charge is 0.268 e. The Kier molecular flexibility index (Phi) is 2.40. The maximum absolute atomic E-state index is 11.8. The number of rotatable bonds is 1. The van der Waals surface area contributed by atoms with Crippen molar-refractivity contribution < 1.29 is 14.4 Å². The van der Waals surface area contributed by atoms with Crippen molar-refractivity contribution in [3.63, 3.8) is 0 Å². The highest BCUT2D eigenvalue weighted by Crippen LogP contribution is 2.23. The van der Waals surface area contributed by atoms with Crippen molar-refractivity contribution in [3.8, 4) is 0 Å². The van der Waals surface area contributed by atoms with Crippen LogP contribution in [0.3, 0.4) is 0 Å². The van der Waals surface area contributed by atoms with Gasteiger partial charge in [-0.15, -0.1) is 0 Å². The van der Waals surface area contributed by atoms with Crippen LogP contribution < -0.4 is 0 Å². The SMILES string of the molecule is CC(=O)N1C(=O)C=C(c2ccccc2)C1=O.